The van der Waals surface area contributed by atoms with E-state index in [0.29, 0.717) is 27.2 Å². The summed E-state index contributed by atoms with van der Waals surface area (Å²) in [5, 5.41) is 11.9. The first-order valence-electron chi connectivity index (χ1n) is 10.2. The Hall–Kier alpha value is -0.980. The van der Waals surface area contributed by atoms with Gasteiger partial charge in [-0.15, -0.1) is 0 Å². The number of rotatable bonds is 4. The van der Waals surface area contributed by atoms with Crippen molar-refractivity contribution in [3.8, 4) is 0 Å². The highest BCUT2D eigenvalue weighted by atomic mass is 35.5. The van der Waals surface area contributed by atoms with E-state index in [-0.39, 0.29) is 6.61 Å². The van der Waals surface area contributed by atoms with Crippen LogP contribution in [0.2, 0.25) is 10.0 Å². The lowest BCUT2D eigenvalue weighted by atomic mass is 9.74. The van der Waals surface area contributed by atoms with Crippen molar-refractivity contribution >= 4 is 40.7 Å². The van der Waals surface area contributed by atoms with Gasteiger partial charge >= 0.3 is 0 Å². The molecule has 1 saturated heterocycles. The molecule has 1 aliphatic carbocycles. The SMILES string of the molecule is Cc1cc(N2CCC3(CCC[C@H]3N)CC2)c(CO)nc1Sc1cccc(Cl)c1Cl. The molecule has 4 nitrogen and oxygen atoms in total. The van der Waals surface area contributed by atoms with Gasteiger partial charge in [0, 0.05) is 24.0 Å². The van der Waals surface area contributed by atoms with Gasteiger partial charge in [-0.25, -0.2) is 4.98 Å². The summed E-state index contributed by atoms with van der Waals surface area (Å²) in [7, 11) is 0. The Kier molecular flexibility index (Phi) is 6.33. The van der Waals surface area contributed by atoms with Crippen LogP contribution in [-0.4, -0.2) is 29.2 Å². The van der Waals surface area contributed by atoms with Crippen LogP contribution in [0.1, 0.15) is 43.4 Å². The Morgan fingerprint density at radius 2 is 2.03 bits per heavy atom. The molecular weight excluding hydrogens is 425 g/mol. The van der Waals surface area contributed by atoms with Gasteiger partial charge in [0.1, 0.15) is 5.03 Å². The minimum absolute atomic E-state index is 0.0897. The second-order valence-corrected chi connectivity index (χ2v) is 10.1. The number of halogens is 2. The van der Waals surface area contributed by atoms with E-state index in [1.165, 1.54) is 24.6 Å². The van der Waals surface area contributed by atoms with Crippen LogP contribution in [0.5, 0.6) is 0 Å². The van der Waals surface area contributed by atoms with Crippen molar-refractivity contribution in [3.05, 3.63) is 45.6 Å². The molecule has 1 aromatic heterocycles. The number of benzene rings is 1. The average molecular weight is 452 g/mol. The number of aryl methyl sites for hydroxylation is 1. The molecule has 0 amide bonds. The summed E-state index contributed by atoms with van der Waals surface area (Å²) in [6.45, 7) is 3.90. The minimum Gasteiger partial charge on any atom is -0.390 e. The average Bonchev–Trinajstić information content (AvgIpc) is 3.07. The summed E-state index contributed by atoms with van der Waals surface area (Å²) < 4.78 is 0. The molecule has 2 heterocycles. The molecule has 4 rings (SSSR count). The number of aromatic nitrogens is 1. The van der Waals surface area contributed by atoms with Crippen molar-refractivity contribution in [1.82, 2.24) is 4.98 Å². The molecular formula is C22H27Cl2N3OS. The summed E-state index contributed by atoms with van der Waals surface area (Å²) in [6, 6.07) is 8.07. The van der Waals surface area contributed by atoms with Crippen LogP contribution in [-0.2, 0) is 6.61 Å². The molecule has 1 aromatic carbocycles. The number of pyridine rings is 1. The Bertz CT molecular complexity index is 900. The van der Waals surface area contributed by atoms with Gasteiger partial charge < -0.3 is 15.7 Å². The first-order chi connectivity index (χ1) is 13.9. The van der Waals surface area contributed by atoms with Gasteiger partial charge in [0.05, 0.1) is 28.0 Å². The maximum absolute atomic E-state index is 10.0. The largest absolute Gasteiger partial charge is 0.390 e. The zero-order chi connectivity index (χ0) is 20.6. The second-order valence-electron chi connectivity index (χ2n) is 8.24. The summed E-state index contributed by atoms with van der Waals surface area (Å²) in [5.74, 6) is 0. The zero-order valence-corrected chi connectivity index (χ0v) is 19.0. The second kappa shape index (κ2) is 8.64. The number of nitrogens with two attached hydrogens (primary N) is 1. The first kappa shape index (κ1) is 21.3. The minimum atomic E-state index is -0.0897. The highest BCUT2D eigenvalue weighted by Gasteiger charge is 2.43. The molecule has 29 heavy (non-hydrogen) atoms. The third kappa shape index (κ3) is 4.13. The predicted molar refractivity (Wildman–Crippen MR) is 121 cm³/mol. The highest BCUT2D eigenvalue weighted by molar-refractivity contribution is 7.99. The smallest absolute Gasteiger partial charge is 0.104 e. The molecule has 0 bridgehead atoms. The van der Waals surface area contributed by atoms with Crippen molar-refractivity contribution in [3.63, 3.8) is 0 Å². The fraction of sp³-hybridized carbons (Fsp3) is 0.500. The fourth-order valence-electron chi connectivity index (χ4n) is 4.76. The van der Waals surface area contributed by atoms with Crippen molar-refractivity contribution in [2.45, 2.75) is 61.6 Å². The molecule has 1 aliphatic heterocycles. The van der Waals surface area contributed by atoms with Crippen LogP contribution in [0.4, 0.5) is 5.69 Å². The molecule has 2 aromatic rings. The molecule has 1 atom stereocenters. The quantitative estimate of drug-likeness (QED) is 0.647. The Balaban J connectivity index is 1.56. The Labute approximate surface area is 186 Å². The van der Waals surface area contributed by atoms with E-state index < -0.39 is 0 Å². The lowest BCUT2D eigenvalue weighted by molar-refractivity contribution is 0.197. The van der Waals surface area contributed by atoms with Crippen molar-refractivity contribution in [2.75, 3.05) is 18.0 Å². The van der Waals surface area contributed by atoms with E-state index in [1.807, 2.05) is 12.1 Å². The number of aliphatic hydroxyl groups excluding tert-OH is 1. The van der Waals surface area contributed by atoms with Crippen LogP contribution >= 0.6 is 35.0 Å². The van der Waals surface area contributed by atoms with E-state index in [0.717, 1.165) is 53.5 Å². The van der Waals surface area contributed by atoms with E-state index in [2.05, 4.69) is 17.9 Å². The fourth-order valence-corrected chi connectivity index (χ4v) is 6.16. The van der Waals surface area contributed by atoms with E-state index in [9.17, 15) is 5.11 Å². The lowest BCUT2D eigenvalue weighted by Crippen LogP contribution is -2.47. The summed E-state index contributed by atoms with van der Waals surface area (Å²) in [5.41, 5.74) is 9.56. The summed E-state index contributed by atoms with van der Waals surface area (Å²) in [4.78, 5) is 8.01. The van der Waals surface area contributed by atoms with Crippen LogP contribution in [0, 0.1) is 12.3 Å². The lowest BCUT2D eigenvalue weighted by Gasteiger charge is -2.43. The van der Waals surface area contributed by atoms with Crippen molar-refractivity contribution in [2.24, 2.45) is 11.1 Å². The van der Waals surface area contributed by atoms with Crippen molar-refractivity contribution < 1.29 is 5.11 Å². The number of hydrogen-bond donors (Lipinski definition) is 2. The number of hydrogen-bond acceptors (Lipinski definition) is 5. The molecule has 156 valence electrons. The highest BCUT2D eigenvalue weighted by Crippen LogP contribution is 2.46. The molecule has 0 unspecified atom stereocenters. The maximum atomic E-state index is 10.0. The van der Waals surface area contributed by atoms with Gasteiger partial charge in [0.2, 0.25) is 0 Å². The molecule has 7 heteroatoms. The molecule has 2 fully saturated rings. The van der Waals surface area contributed by atoms with E-state index in [4.69, 9.17) is 33.9 Å². The van der Waals surface area contributed by atoms with Crippen LogP contribution in [0.25, 0.3) is 0 Å². The topological polar surface area (TPSA) is 62.4 Å². The standard InChI is InChI=1S/C22H27Cl2N3OS/c1-14-12-17(27-10-8-22(9-11-27)7-3-6-19(22)25)16(13-28)26-21(14)29-18-5-2-4-15(23)20(18)24/h2,4-5,12,19,28H,3,6-11,13,25H2,1H3/t19-/m1/s1. The molecule has 0 radical (unpaired) electrons. The van der Waals surface area contributed by atoms with E-state index in [1.54, 1.807) is 6.07 Å². The van der Waals surface area contributed by atoms with Gasteiger partial charge in [0.25, 0.3) is 0 Å². The van der Waals surface area contributed by atoms with Gasteiger partial charge in [-0.05, 0) is 61.8 Å². The molecule has 1 saturated carbocycles. The number of aliphatic hydroxyl groups is 1. The van der Waals surface area contributed by atoms with Crippen LogP contribution in [0.3, 0.4) is 0 Å². The molecule has 3 N–H and O–H groups in total. The predicted octanol–water partition coefficient (Wildman–Crippen LogP) is 5.44. The van der Waals surface area contributed by atoms with Crippen LogP contribution < -0.4 is 10.6 Å². The number of anilines is 1. The summed E-state index contributed by atoms with van der Waals surface area (Å²) >= 11 is 14.0. The van der Waals surface area contributed by atoms with Gasteiger partial charge in [0.15, 0.2) is 0 Å². The van der Waals surface area contributed by atoms with Gasteiger partial charge in [-0.3, -0.25) is 0 Å². The van der Waals surface area contributed by atoms with Gasteiger partial charge in [-0.2, -0.15) is 0 Å². The van der Waals surface area contributed by atoms with Gasteiger partial charge in [-0.1, -0.05) is 47.5 Å². The maximum Gasteiger partial charge on any atom is 0.104 e. The van der Waals surface area contributed by atoms with Crippen LogP contribution in [0.15, 0.2) is 34.2 Å². The molecule has 1 spiro atoms. The number of nitrogens with zero attached hydrogens (tertiary/aromatic N) is 2. The normalized spacial score (nSPS) is 21.1. The van der Waals surface area contributed by atoms with Crippen molar-refractivity contribution in [1.29, 1.82) is 0 Å². The zero-order valence-electron chi connectivity index (χ0n) is 16.6. The first-order valence-corrected chi connectivity index (χ1v) is 11.7. The van der Waals surface area contributed by atoms with E-state index >= 15 is 0 Å². The summed E-state index contributed by atoms with van der Waals surface area (Å²) in [6.07, 6.45) is 5.89. The number of piperidine rings is 1. The Morgan fingerprint density at radius 3 is 2.69 bits per heavy atom. The third-order valence-electron chi connectivity index (χ3n) is 6.57. The monoisotopic (exact) mass is 451 g/mol. The Morgan fingerprint density at radius 1 is 1.28 bits per heavy atom. The molecule has 2 aliphatic rings. The third-order valence-corrected chi connectivity index (χ3v) is 8.67.